The second-order valence-corrected chi connectivity index (χ2v) is 3.00. The predicted octanol–water partition coefficient (Wildman–Crippen LogP) is 0.626. The van der Waals surface area contributed by atoms with Crippen LogP contribution in [-0.4, -0.2) is 43.9 Å². The highest BCUT2D eigenvalue weighted by Crippen LogP contribution is 1.88. The molecule has 0 saturated heterocycles. The molecule has 0 aliphatic carbocycles. The van der Waals surface area contributed by atoms with Crippen LogP contribution in [0.15, 0.2) is 12.2 Å². The first-order valence-corrected chi connectivity index (χ1v) is 4.54. The van der Waals surface area contributed by atoms with Crippen molar-refractivity contribution in [2.24, 2.45) is 0 Å². The number of ether oxygens (including phenoxy) is 1. The Morgan fingerprint density at radius 2 is 2.07 bits per heavy atom. The lowest BCUT2D eigenvalue weighted by atomic mass is 10.3. The van der Waals surface area contributed by atoms with E-state index in [0.717, 1.165) is 0 Å². The van der Waals surface area contributed by atoms with E-state index in [-0.39, 0.29) is 18.3 Å². The Kier molecular flexibility index (Phi) is 6.66. The molecule has 0 amide bonds. The summed E-state index contributed by atoms with van der Waals surface area (Å²) in [4.78, 5) is 23.5. The molecule has 4 heteroatoms. The molecule has 0 aliphatic rings. The predicted molar refractivity (Wildman–Crippen MR) is 54.0 cm³/mol. The van der Waals surface area contributed by atoms with Crippen molar-refractivity contribution in [1.82, 2.24) is 4.90 Å². The van der Waals surface area contributed by atoms with Gasteiger partial charge in [0.2, 0.25) is 0 Å². The maximum absolute atomic E-state index is 10.9. The lowest BCUT2D eigenvalue weighted by Gasteiger charge is -2.11. The minimum absolute atomic E-state index is 0.0940. The number of rotatable bonds is 6. The highest BCUT2D eigenvalue weighted by Gasteiger charge is 2.03. The summed E-state index contributed by atoms with van der Waals surface area (Å²) in [5, 5.41) is 0. The molecule has 0 aliphatic heterocycles. The Hall–Kier alpha value is -1.16. The van der Waals surface area contributed by atoms with Gasteiger partial charge in [-0.25, -0.2) is 0 Å². The van der Waals surface area contributed by atoms with Gasteiger partial charge in [0.25, 0.3) is 0 Å². The number of esters is 1. The molecule has 4 nitrogen and oxygen atoms in total. The van der Waals surface area contributed by atoms with Gasteiger partial charge in [0.15, 0.2) is 5.78 Å². The van der Waals surface area contributed by atoms with Crippen LogP contribution in [0.25, 0.3) is 0 Å². The molecule has 0 bridgehead atoms. The van der Waals surface area contributed by atoms with Crippen molar-refractivity contribution >= 4 is 11.8 Å². The summed E-state index contributed by atoms with van der Waals surface area (Å²) in [6.45, 7) is 2.62. The zero-order valence-electron chi connectivity index (χ0n) is 8.95. The van der Waals surface area contributed by atoms with E-state index in [2.05, 4.69) is 4.74 Å². The molecule has 0 aromatic rings. The van der Waals surface area contributed by atoms with Crippen LogP contribution in [0.5, 0.6) is 0 Å². The van der Waals surface area contributed by atoms with Crippen molar-refractivity contribution < 1.29 is 14.3 Å². The number of carbonyl (C=O) groups is 2. The Labute approximate surface area is 84.5 Å². The molecule has 14 heavy (non-hydrogen) atoms. The van der Waals surface area contributed by atoms with Crippen molar-refractivity contribution in [1.29, 1.82) is 0 Å². The van der Waals surface area contributed by atoms with Gasteiger partial charge in [-0.15, -0.1) is 0 Å². The summed E-state index contributed by atoms with van der Waals surface area (Å²) in [6.07, 6.45) is 3.79. The number of allylic oxidation sites excluding steroid dienone is 1. The fraction of sp³-hybridized carbons (Fsp3) is 0.600. The van der Waals surface area contributed by atoms with E-state index < -0.39 is 0 Å². The molecule has 0 spiro atoms. The lowest BCUT2D eigenvalue weighted by Crippen LogP contribution is -2.26. The van der Waals surface area contributed by atoms with Gasteiger partial charge >= 0.3 is 5.97 Å². The second kappa shape index (κ2) is 7.26. The topological polar surface area (TPSA) is 46.6 Å². The second-order valence-electron chi connectivity index (χ2n) is 3.00. The normalized spacial score (nSPS) is 10.9. The van der Waals surface area contributed by atoms with Gasteiger partial charge in [-0.1, -0.05) is 13.0 Å². The van der Waals surface area contributed by atoms with E-state index in [4.69, 9.17) is 0 Å². The summed E-state index contributed by atoms with van der Waals surface area (Å²) in [5.41, 5.74) is 0. The van der Waals surface area contributed by atoms with Crippen LogP contribution in [0.3, 0.4) is 0 Å². The number of likely N-dealkylation sites (N-methyl/N-ethyl adjacent to an activating group) is 1. The van der Waals surface area contributed by atoms with E-state index in [9.17, 15) is 9.59 Å². The molecule has 0 radical (unpaired) electrons. The molecule has 80 valence electrons. The summed E-state index contributed by atoms with van der Waals surface area (Å²) in [7, 11) is 3.14. The lowest BCUT2D eigenvalue weighted by molar-refractivity contribution is -0.141. The SMILES string of the molecule is CCC(=O)/C=C/CN(C)CC(=O)OC. The zero-order valence-corrected chi connectivity index (χ0v) is 8.95. The van der Waals surface area contributed by atoms with Crippen LogP contribution in [0.4, 0.5) is 0 Å². The van der Waals surface area contributed by atoms with Gasteiger partial charge in [0.1, 0.15) is 0 Å². The van der Waals surface area contributed by atoms with Crippen molar-refractivity contribution in [3.63, 3.8) is 0 Å². The fourth-order valence-electron chi connectivity index (χ4n) is 0.831. The van der Waals surface area contributed by atoms with E-state index in [0.29, 0.717) is 13.0 Å². The minimum Gasteiger partial charge on any atom is -0.468 e. The first-order valence-electron chi connectivity index (χ1n) is 4.54. The van der Waals surface area contributed by atoms with Crippen LogP contribution in [0.1, 0.15) is 13.3 Å². The number of carbonyl (C=O) groups excluding carboxylic acids is 2. The number of hydrogen-bond acceptors (Lipinski definition) is 4. The fourth-order valence-corrected chi connectivity index (χ4v) is 0.831. The molecule has 0 aromatic carbocycles. The van der Waals surface area contributed by atoms with E-state index in [1.807, 2.05) is 6.92 Å². The maximum atomic E-state index is 10.9. The van der Waals surface area contributed by atoms with Gasteiger partial charge in [0.05, 0.1) is 13.7 Å². The third-order valence-corrected chi connectivity index (χ3v) is 1.70. The standard InChI is InChI=1S/C10H17NO3/c1-4-9(12)6-5-7-11(2)8-10(13)14-3/h5-6H,4,7-8H2,1-3H3/b6-5+. The van der Waals surface area contributed by atoms with Crippen LogP contribution in [0, 0.1) is 0 Å². The molecule has 0 heterocycles. The molecule has 0 rings (SSSR count). The molecule has 0 aromatic heterocycles. The number of methoxy groups -OCH3 is 1. The number of nitrogens with zero attached hydrogens (tertiary/aromatic N) is 1. The molecule has 0 N–H and O–H groups in total. The average Bonchev–Trinajstić information content (AvgIpc) is 2.17. The molecular formula is C10H17NO3. The quantitative estimate of drug-likeness (QED) is 0.465. The van der Waals surface area contributed by atoms with Gasteiger partial charge in [0, 0.05) is 13.0 Å². The van der Waals surface area contributed by atoms with E-state index in [1.54, 1.807) is 18.0 Å². The van der Waals surface area contributed by atoms with Crippen molar-refractivity contribution in [2.75, 3.05) is 27.2 Å². The van der Waals surface area contributed by atoms with Crippen LogP contribution in [0.2, 0.25) is 0 Å². The third-order valence-electron chi connectivity index (χ3n) is 1.70. The van der Waals surface area contributed by atoms with Crippen LogP contribution in [-0.2, 0) is 14.3 Å². The first kappa shape index (κ1) is 12.8. The summed E-state index contributed by atoms with van der Waals surface area (Å²) < 4.78 is 4.50. The number of ketones is 1. The summed E-state index contributed by atoms with van der Waals surface area (Å²) in [5.74, 6) is -0.181. The van der Waals surface area contributed by atoms with Crippen molar-refractivity contribution in [3.8, 4) is 0 Å². The van der Waals surface area contributed by atoms with Crippen molar-refractivity contribution in [3.05, 3.63) is 12.2 Å². The van der Waals surface area contributed by atoms with Gasteiger partial charge < -0.3 is 4.74 Å². The maximum Gasteiger partial charge on any atom is 0.319 e. The van der Waals surface area contributed by atoms with E-state index in [1.165, 1.54) is 13.2 Å². The van der Waals surface area contributed by atoms with Gasteiger partial charge in [-0.2, -0.15) is 0 Å². The molecular weight excluding hydrogens is 182 g/mol. The van der Waals surface area contributed by atoms with Crippen LogP contribution < -0.4 is 0 Å². The van der Waals surface area contributed by atoms with Gasteiger partial charge in [-0.05, 0) is 13.1 Å². The Morgan fingerprint density at radius 3 is 2.57 bits per heavy atom. The van der Waals surface area contributed by atoms with Gasteiger partial charge in [-0.3, -0.25) is 14.5 Å². The minimum atomic E-state index is -0.275. The van der Waals surface area contributed by atoms with Crippen molar-refractivity contribution in [2.45, 2.75) is 13.3 Å². The first-order chi connectivity index (χ1) is 6.60. The Morgan fingerprint density at radius 1 is 1.43 bits per heavy atom. The van der Waals surface area contributed by atoms with E-state index >= 15 is 0 Å². The smallest absolute Gasteiger partial charge is 0.319 e. The van der Waals surface area contributed by atoms with Crippen LogP contribution >= 0.6 is 0 Å². The summed E-state index contributed by atoms with van der Waals surface area (Å²) in [6, 6.07) is 0. The molecule has 0 atom stereocenters. The summed E-state index contributed by atoms with van der Waals surface area (Å²) >= 11 is 0. The Balaban J connectivity index is 3.73. The molecule has 0 fully saturated rings. The zero-order chi connectivity index (χ0) is 11.0. The Bertz CT molecular complexity index is 223. The largest absolute Gasteiger partial charge is 0.468 e. The highest BCUT2D eigenvalue weighted by atomic mass is 16.5. The number of hydrogen-bond donors (Lipinski definition) is 0. The monoisotopic (exact) mass is 199 g/mol. The average molecular weight is 199 g/mol. The molecule has 0 saturated carbocycles. The highest BCUT2D eigenvalue weighted by molar-refractivity contribution is 5.89. The molecule has 0 unspecified atom stereocenters. The third kappa shape index (κ3) is 6.37.